The second-order valence-corrected chi connectivity index (χ2v) is 4.48. The molecule has 3 heteroatoms. The first-order valence-electron chi connectivity index (χ1n) is 6.45. The van der Waals surface area contributed by atoms with Crippen molar-refractivity contribution in [2.45, 2.75) is 46.1 Å². The molecule has 0 bridgehead atoms. The lowest BCUT2D eigenvalue weighted by atomic mass is 9.87. The summed E-state index contributed by atoms with van der Waals surface area (Å²) in [5.41, 5.74) is 0.315. The molecule has 0 aliphatic rings. The molecule has 0 amide bonds. The van der Waals surface area contributed by atoms with Crippen LogP contribution in [0.5, 0.6) is 0 Å². The summed E-state index contributed by atoms with van der Waals surface area (Å²) in [6.07, 6.45) is 1.18. The summed E-state index contributed by atoms with van der Waals surface area (Å²) >= 11 is 0. The summed E-state index contributed by atoms with van der Waals surface area (Å²) < 4.78 is 19.0. The number of benzene rings is 1. The molecule has 0 aliphatic heterocycles. The Morgan fingerprint density at radius 2 is 1.83 bits per heavy atom. The summed E-state index contributed by atoms with van der Waals surface area (Å²) in [6.45, 7) is 7.96. The number of hydrogen-bond acceptors (Lipinski definition) is 2. The van der Waals surface area contributed by atoms with E-state index in [0.717, 1.165) is 5.56 Å². The summed E-state index contributed by atoms with van der Waals surface area (Å²) in [4.78, 5) is 12.5. The zero-order chi connectivity index (χ0) is 13.8. The van der Waals surface area contributed by atoms with Gasteiger partial charge in [-0.3, -0.25) is 4.79 Å². The van der Waals surface area contributed by atoms with Gasteiger partial charge < -0.3 is 4.74 Å². The molecule has 2 nitrogen and oxygen atoms in total. The molecule has 18 heavy (non-hydrogen) atoms. The maximum Gasteiger partial charge on any atom is 0.194 e. The fraction of sp³-hybridized carbons (Fsp3) is 0.533. The highest BCUT2D eigenvalue weighted by molar-refractivity contribution is 6.02. The number of carbonyl (C=O) groups is 1. The Balaban J connectivity index is 3.16. The Morgan fingerprint density at radius 3 is 2.28 bits per heavy atom. The zero-order valence-electron chi connectivity index (χ0n) is 11.5. The average Bonchev–Trinajstić information content (AvgIpc) is 2.34. The number of carbonyl (C=O) groups excluding carboxylic acids is 1. The highest BCUT2D eigenvalue weighted by Gasteiger charge is 2.36. The number of ether oxygens (including phenoxy) is 1. The Hall–Kier alpha value is -1.22. The molecule has 0 spiro atoms. The molecule has 0 saturated carbocycles. The molecule has 0 N–H and O–H groups in total. The van der Waals surface area contributed by atoms with Gasteiger partial charge in [-0.1, -0.05) is 13.8 Å². The Kier molecular flexibility index (Phi) is 5.03. The molecule has 1 aromatic rings. The number of halogens is 1. The number of ketones is 1. The second-order valence-electron chi connectivity index (χ2n) is 4.48. The van der Waals surface area contributed by atoms with E-state index in [1.165, 1.54) is 12.1 Å². The van der Waals surface area contributed by atoms with Crippen molar-refractivity contribution in [2.24, 2.45) is 0 Å². The van der Waals surface area contributed by atoms with Crippen LogP contribution in [0.2, 0.25) is 0 Å². The predicted molar refractivity (Wildman–Crippen MR) is 70.4 cm³/mol. The van der Waals surface area contributed by atoms with Crippen molar-refractivity contribution in [3.05, 3.63) is 35.1 Å². The predicted octanol–water partition coefficient (Wildman–Crippen LogP) is 3.91. The van der Waals surface area contributed by atoms with E-state index >= 15 is 0 Å². The van der Waals surface area contributed by atoms with Gasteiger partial charge in [-0.15, -0.1) is 0 Å². The third-order valence-electron chi connectivity index (χ3n) is 3.28. The van der Waals surface area contributed by atoms with E-state index < -0.39 is 5.60 Å². The molecule has 0 heterocycles. The number of Topliss-reactive ketones (excluding diaryl/α,β-unsaturated/α-hetero) is 1. The Labute approximate surface area is 108 Å². The zero-order valence-corrected chi connectivity index (χ0v) is 11.5. The van der Waals surface area contributed by atoms with E-state index in [-0.39, 0.29) is 11.6 Å². The fourth-order valence-corrected chi connectivity index (χ4v) is 2.25. The van der Waals surface area contributed by atoms with Crippen molar-refractivity contribution in [2.75, 3.05) is 6.61 Å². The van der Waals surface area contributed by atoms with Gasteiger partial charge in [-0.25, -0.2) is 4.39 Å². The first-order valence-corrected chi connectivity index (χ1v) is 6.45. The molecular weight excluding hydrogens is 231 g/mol. The van der Waals surface area contributed by atoms with Gasteiger partial charge >= 0.3 is 0 Å². The van der Waals surface area contributed by atoms with Crippen LogP contribution in [0.3, 0.4) is 0 Å². The van der Waals surface area contributed by atoms with E-state index in [1.54, 1.807) is 13.0 Å². The monoisotopic (exact) mass is 252 g/mol. The number of hydrogen-bond donors (Lipinski definition) is 0. The summed E-state index contributed by atoms with van der Waals surface area (Å²) in [7, 11) is 0. The van der Waals surface area contributed by atoms with Crippen LogP contribution in [0.15, 0.2) is 18.2 Å². The summed E-state index contributed by atoms with van der Waals surface area (Å²) in [5, 5.41) is 0. The molecule has 1 aromatic carbocycles. The van der Waals surface area contributed by atoms with Gasteiger partial charge in [0.2, 0.25) is 0 Å². The van der Waals surface area contributed by atoms with E-state index in [0.29, 0.717) is 25.0 Å². The smallest absolute Gasteiger partial charge is 0.194 e. The number of aryl methyl sites for hydroxylation is 1. The van der Waals surface area contributed by atoms with Crippen LogP contribution >= 0.6 is 0 Å². The molecule has 0 aromatic heterocycles. The number of rotatable bonds is 6. The van der Waals surface area contributed by atoms with E-state index in [1.807, 2.05) is 20.8 Å². The van der Waals surface area contributed by atoms with Crippen molar-refractivity contribution in [3.8, 4) is 0 Å². The van der Waals surface area contributed by atoms with Crippen LogP contribution in [-0.2, 0) is 4.74 Å². The maximum atomic E-state index is 13.4. The van der Waals surface area contributed by atoms with Crippen molar-refractivity contribution >= 4 is 5.78 Å². The molecule has 0 fully saturated rings. The van der Waals surface area contributed by atoms with Gasteiger partial charge in [0, 0.05) is 12.2 Å². The van der Waals surface area contributed by atoms with Gasteiger partial charge in [-0.05, 0) is 50.5 Å². The Bertz CT molecular complexity index is 402. The van der Waals surface area contributed by atoms with Gasteiger partial charge in [-0.2, -0.15) is 0 Å². The quantitative estimate of drug-likeness (QED) is 0.717. The molecule has 0 atom stereocenters. The summed E-state index contributed by atoms with van der Waals surface area (Å²) in [6, 6.07) is 4.41. The van der Waals surface area contributed by atoms with Gasteiger partial charge in [0.05, 0.1) is 0 Å². The largest absolute Gasteiger partial charge is 0.367 e. The van der Waals surface area contributed by atoms with Gasteiger partial charge in [0.25, 0.3) is 0 Å². The van der Waals surface area contributed by atoms with Crippen LogP contribution in [0, 0.1) is 12.7 Å². The normalized spacial score (nSPS) is 11.6. The molecule has 0 radical (unpaired) electrons. The lowest BCUT2D eigenvalue weighted by Crippen LogP contribution is -2.40. The standard InChI is InChI=1S/C15H21FO2/c1-5-15(6-2,18-7-3)14(17)12-8-11(4)9-13(16)10-12/h8-10H,5-7H2,1-4H3. The van der Waals surface area contributed by atoms with E-state index in [2.05, 4.69) is 0 Å². The van der Waals surface area contributed by atoms with Crippen molar-refractivity contribution in [1.29, 1.82) is 0 Å². The van der Waals surface area contributed by atoms with Gasteiger partial charge in [0.1, 0.15) is 11.4 Å². The fourth-order valence-electron chi connectivity index (χ4n) is 2.25. The van der Waals surface area contributed by atoms with Crippen LogP contribution in [-0.4, -0.2) is 18.0 Å². The highest BCUT2D eigenvalue weighted by Crippen LogP contribution is 2.26. The van der Waals surface area contributed by atoms with Crippen molar-refractivity contribution < 1.29 is 13.9 Å². The summed E-state index contributed by atoms with van der Waals surface area (Å²) in [5.74, 6) is -0.507. The molecule has 1 rings (SSSR count). The minimum atomic E-state index is -0.824. The average molecular weight is 252 g/mol. The van der Waals surface area contributed by atoms with Crippen molar-refractivity contribution in [3.63, 3.8) is 0 Å². The van der Waals surface area contributed by atoms with Crippen LogP contribution in [0.25, 0.3) is 0 Å². The maximum absolute atomic E-state index is 13.4. The van der Waals surface area contributed by atoms with Crippen molar-refractivity contribution in [1.82, 2.24) is 0 Å². The minimum absolute atomic E-state index is 0.128. The topological polar surface area (TPSA) is 26.3 Å². The van der Waals surface area contributed by atoms with E-state index in [4.69, 9.17) is 4.74 Å². The third kappa shape index (κ3) is 2.96. The second kappa shape index (κ2) is 6.10. The molecule has 0 unspecified atom stereocenters. The first-order chi connectivity index (χ1) is 8.49. The lowest BCUT2D eigenvalue weighted by Gasteiger charge is -2.30. The van der Waals surface area contributed by atoms with Crippen LogP contribution in [0.4, 0.5) is 4.39 Å². The minimum Gasteiger partial charge on any atom is -0.367 e. The lowest BCUT2D eigenvalue weighted by molar-refractivity contribution is -0.0250. The molecule has 0 aliphatic carbocycles. The molecular formula is C15H21FO2. The third-order valence-corrected chi connectivity index (χ3v) is 3.28. The Morgan fingerprint density at radius 1 is 1.22 bits per heavy atom. The first kappa shape index (κ1) is 14.8. The molecule has 0 saturated heterocycles. The van der Waals surface area contributed by atoms with Gasteiger partial charge in [0.15, 0.2) is 5.78 Å². The van der Waals surface area contributed by atoms with E-state index in [9.17, 15) is 9.18 Å². The highest BCUT2D eigenvalue weighted by atomic mass is 19.1. The van der Waals surface area contributed by atoms with Crippen LogP contribution < -0.4 is 0 Å². The SMILES string of the molecule is CCOC(CC)(CC)C(=O)c1cc(C)cc(F)c1. The van der Waals surface area contributed by atoms with Crippen LogP contribution in [0.1, 0.15) is 49.5 Å². The molecule has 100 valence electrons.